The normalized spacial score (nSPS) is 13.2. The van der Waals surface area contributed by atoms with Gasteiger partial charge in [-0.1, -0.05) is 24.3 Å². The van der Waals surface area contributed by atoms with Crippen molar-refractivity contribution in [2.45, 2.75) is 19.4 Å². The number of fused-ring (bicyclic) bond motifs is 1. The van der Waals surface area contributed by atoms with E-state index in [-0.39, 0.29) is 0 Å². The molecule has 1 heterocycles. The first-order valence-corrected chi connectivity index (χ1v) is 6.98. The number of ether oxygens (including phenoxy) is 2. The van der Waals surface area contributed by atoms with E-state index in [4.69, 9.17) is 9.47 Å². The molecule has 2 aromatic carbocycles. The van der Waals surface area contributed by atoms with Crippen LogP contribution in [0, 0.1) is 0 Å². The molecule has 1 aliphatic rings. The fraction of sp³-hybridized carbons (Fsp3) is 0.294. The second-order valence-electron chi connectivity index (χ2n) is 4.95. The summed E-state index contributed by atoms with van der Waals surface area (Å²) >= 11 is 0. The molecule has 104 valence electrons. The molecule has 3 rings (SSSR count). The van der Waals surface area contributed by atoms with Crippen LogP contribution in [0.1, 0.15) is 17.5 Å². The monoisotopic (exact) mass is 269 g/mol. The molecule has 0 saturated carbocycles. The average Bonchev–Trinajstić information content (AvgIpc) is 2.53. The van der Waals surface area contributed by atoms with E-state index in [1.807, 2.05) is 24.3 Å². The standard InChI is InChI=1S/C17H19NO2/c1-19-15-8-3-9-16(11-15)20-12-14-6-2-5-13-7-4-10-18-17(13)14/h2-3,5-6,8-9,11,18H,4,7,10,12H2,1H3. The van der Waals surface area contributed by atoms with Crippen LogP contribution in [0.3, 0.4) is 0 Å². The topological polar surface area (TPSA) is 30.5 Å². The minimum Gasteiger partial charge on any atom is -0.497 e. The summed E-state index contributed by atoms with van der Waals surface area (Å²) < 4.78 is 11.1. The van der Waals surface area contributed by atoms with Crippen molar-refractivity contribution in [3.63, 3.8) is 0 Å². The zero-order valence-corrected chi connectivity index (χ0v) is 11.7. The number of aryl methyl sites for hydroxylation is 1. The predicted octanol–water partition coefficient (Wildman–Crippen LogP) is 3.63. The molecule has 0 unspecified atom stereocenters. The van der Waals surface area contributed by atoms with Gasteiger partial charge in [0.05, 0.1) is 7.11 Å². The lowest BCUT2D eigenvalue weighted by Crippen LogP contribution is -2.14. The Hall–Kier alpha value is -2.16. The van der Waals surface area contributed by atoms with Gasteiger partial charge in [-0.25, -0.2) is 0 Å². The maximum Gasteiger partial charge on any atom is 0.123 e. The van der Waals surface area contributed by atoms with Gasteiger partial charge in [-0.3, -0.25) is 0 Å². The summed E-state index contributed by atoms with van der Waals surface area (Å²) in [5, 5.41) is 3.49. The van der Waals surface area contributed by atoms with Crippen molar-refractivity contribution in [3.05, 3.63) is 53.6 Å². The summed E-state index contributed by atoms with van der Waals surface area (Å²) in [5.41, 5.74) is 3.86. The summed E-state index contributed by atoms with van der Waals surface area (Å²) in [5.74, 6) is 1.65. The van der Waals surface area contributed by atoms with Crippen LogP contribution in [-0.2, 0) is 13.0 Å². The number of rotatable bonds is 4. The lowest BCUT2D eigenvalue weighted by molar-refractivity contribution is 0.304. The largest absolute Gasteiger partial charge is 0.497 e. The second-order valence-corrected chi connectivity index (χ2v) is 4.95. The molecule has 0 spiro atoms. The van der Waals surface area contributed by atoms with Crippen LogP contribution < -0.4 is 14.8 Å². The highest BCUT2D eigenvalue weighted by Crippen LogP contribution is 2.27. The minimum absolute atomic E-state index is 0.573. The number of benzene rings is 2. The molecule has 0 aromatic heterocycles. The highest BCUT2D eigenvalue weighted by atomic mass is 16.5. The summed E-state index contributed by atoms with van der Waals surface area (Å²) in [7, 11) is 1.66. The van der Waals surface area contributed by atoms with Crippen molar-refractivity contribution < 1.29 is 9.47 Å². The Bertz CT molecular complexity index is 595. The minimum atomic E-state index is 0.573. The maximum absolute atomic E-state index is 5.88. The second kappa shape index (κ2) is 5.87. The van der Waals surface area contributed by atoms with Gasteiger partial charge >= 0.3 is 0 Å². The van der Waals surface area contributed by atoms with Crippen molar-refractivity contribution >= 4 is 5.69 Å². The van der Waals surface area contributed by atoms with Gasteiger partial charge in [0, 0.05) is 23.9 Å². The summed E-state index contributed by atoms with van der Waals surface area (Å²) in [6.45, 7) is 1.62. The van der Waals surface area contributed by atoms with Crippen molar-refractivity contribution in [1.82, 2.24) is 0 Å². The van der Waals surface area contributed by atoms with Gasteiger partial charge in [0.1, 0.15) is 18.1 Å². The van der Waals surface area contributed by atoms with E-state index in [0.717, 1.165) is 24.5 Å². The van der Waals surface area contributed by atoms with E-state index in [0.29, 0.717) is 6.61 Å². The third-order valence-corrected chi connectivity index (χ3v) is 3.60. The highest BCUT2D eigenvalue weighted by Gasteiger charge is 2.12. The molecule has 1 aliphatic heterocycles. The van der Waals surface area contributed by atoms with Crippen molar-refractivity contribution in [3.8, 4) is 11.5 Å². The summed E-state index contributed by atoms with van der Waals surface area (Å²) in [4.78, 5) is 0. The predicted molar refractivity (Wildman–Crippen MR) is 80.6 cm³/mol. The maximum atomic E-state index is 5.88. The average molecular weight is 269 g/mol. The van der Waals surface area contributed by atoms with Crippen LogP contribution in [0.2, 0.25) is 0 Å². The molecule has 0 atom stereocenters. The smallest absolute Gasteiger partial charge is 0.123 e. The molecular formula is C17H19NO2. The van der Waals surface area contributed by atoms with Gasteiger partial charge in [0.25, 0.3) is 0 Å². The number of methoxy groups -OCH3 is 1. The van der Waals surface area contributed by atoms with Gasteiger partial charge in [-0.05, 0) is 30.5 Å². The Morgan fingerprint density at radius 2 is 1.95 bits per heavy atom. The van der Waals surface area contributed by atoms with Crippen LogP contribution in [0.4, 0.5) is 5.69 Å². The molecule has 0 fully saturated rings. The molecular weight excluding hydrogens is 250 g/mol. The Labute approximate surface area is 119 Å². The SMILES string of the molecule is COc1cccc(OCc2cccc3c2NCCC3)c1. The fourth-order valence-corrected chi connectivity index (χ4v) is 2.55. The first-order valence-electron chi connectivity index (χ1n) is 6.98. The number of hydrogen-bond donors (Lipinski definition) is 1. The van der Waals surface area contributed by atoms with Gasteiger partial charge in [0.2, 0.25) is 0 Å². The molecule has 3 heteroatoms. The van der Waals surface area contributed by atoms with Crippen LogP contribution in [-0.4, -0.2) is 13.7 Å². The quantitative estimate of drug-likeness (QED) is 0.919. The third kappa shape index (κ3) is 2.72. The Kier molecular flexibility index (Phi) is 3.77. The molecule has 0 aliphatic carbocycles. The van der Waals surface area contributed by atoms with Crippen LogP contribution >= 0.6 is 0 Å². The molecule has 0 amide bonds. The lowest BCUT2D eigenvalue weighted by Gasteiger charge is -2.21. The lowest BCUT2D eigenvalue weighted by atomic mass is 10.00. The van der Waals surface area contributed by atoms with E-state index in [2.05, 4.69) is 23.5 Å². The van der Waals surface area contributed by atoms with Crippen LogP contribution in [0.15, 0.2) is 42.5 Å². The number of nitrogens with one attached hydrogen (secondary N) is 1. The van der Waals surface area contributed by atoms with Crippen LogP contribution in [0.25, 0.3) is 0 Å². The van der Waals surface area contributed by atoms with E-state index in [1.165, 1.54) is 23.2 Å². The summed E-state index contributed by atoms with van der Waals surface area (Å²) in [6.07, 6.45) is 2.35. The van der Waals surface area contributed by atoms with Crippen molar-refractivity contribution in [2.75, 3.05) is 19.0 Å². The molecule has 3 nitrogen and oxygen atoms in total. The number of anilines is 1. The molecule has 0 bridgehead atoms. The zero-order chi connectivity index (χ0) is 13.8. The Morgan fingerprint density at radius 1 is 1.10 bits per heavy atom. The van der Waals surface area contributed by atoms with E-state index >= 15 is 0 Å². The molecule has 0 saturated heterocycles. The van der Waals surface area contributed by atoms with Gasteiger partial charge in [0.15, 0.2) is 0 Å². The molecule has 20 heavy (non-hydrogen) atoms. The van der Waals surface area contributed by atoms with Gasteiger partial charge in [-0.15, -0.1) is 0 Å². The first kappa shape index (κ1) is 12.9. The fourth-order valence-electron chi connectivity index (χ4n) is 2.55. The van der Waals surface area contributed by atoms with Crippen LogP contribution in [0.5, 0.6) is 11.5 Å². The Balaban J connectivity index is 1.75. The first-order chi connectivity index (χ1) is 9.86. The van der Waals surface area contributed by atoms with Gasteiger partial charge < -0.3 is 14.8 Å². The number of para-hydroxylation sites is 1. The van der Waals surface area contributed by atoms with E-state index < -0.39 is 0 Å². The highest BCUT2D eigenvalue weighted by molar-refractivity contribution is 5.59. The third-order valence-electron chi connectivity index (χ3n) is 3.60. The zero-order valence-electron chi connectivity index (χ0n) is 11.7. The number of hydrogen-bond acceptors (Lipinski definition) is 3. The van der Waals surface area contributed by atoms with Gasteiger partial charge in [-0.2, -0.15) is 0 Å². The Morgan fingerprint density at radius 3 is 2.85 bits per heavy atom. The van der Waals surface area contributed by atoms with Crippen molar-refractivity contribution in [2.24, 2.45) is 0 Å². The summed E-state index contributed by atoms with van der Waals surface area (Å²) in [6, 6.07) is 14.1. The molecule has 0 radical (unpaired) electrons. The van der Waals surface area contributed by atoms with E-state index in [9.17, 15) is 0 Å². The van der Waals surface area contributed by atoms with E-state index in [1.54, 1.807) is 7.11 Å². The molecule has 2 aromatic rings. The molecule has 1 N–H and O–H groups in total. The van der Waals surface area contributed by atoms with Crippen molar-refractivity contribution in [1.29, 1.82) is 0 Å².